The zero-order valence-corrected chi connectivity index (χ0v) is 24.5. The van der Waals surface area contributed by atoms with Gasteiger partial charge in [-0.05, 0) is 25.0 Å². The van der Waals surface area contributed by atoms with E-state index in [2.05, 4.69) is 9.56 Å². The molecule has 0 aromatic heterocycles. The van der Waals surface area contributed by atoms with Crippen LogP contribution < -0.4 is 73.6 Å². The number of ether oxygens (including phenoxy) is 1. The van der Waals surface area contributed by atoms with Gasteiger partial charge in [-0.15, -0.1) is 0 Å². The molecular weight excluding hydrogens is 437 g/mol. The average molecular weight is 474 g/mol. The van der Waals surface area contributed by atoms with E-state index in [0.29, 0.717) is 6.42 Å². The quantitative estimate of drug-likeness (QED) is 0.0817. The normalized spacial score (nSPS) is 10.9. The maximum Gasteiger partial charge on any atom is 1.00 e. The van der Waals surface area contributed by atoms with Crippen molar-refractivity contribution in [3.63, 3.8) is 0 Å². The van der Waals surface area contributed by atoms with Gasteiger partial charge in [-0.25, -0.2) is 9.56 Å². The van der Waals surface area contributed by atoms with Crippen molar-refractivity contribution >= 4 is 7.82 Å². The van der Waals surface area contributed by atoms with Crippen molar-refractivity contribution in [2.75, 3.05) is 13.2 Å². The fourth-order valence-electron chi connectivity index (χ4n) is 3.19. The van der Waals surface area contributed by atoms with Crippen LogP contribution in [0.1, 0.15) is 89.9 Å². The Morgan fingerprint density at radius 1 is 0.613 bits per heavy atom. The maximum absolute atomic E-state index is 10.2. The van der Waals surface area contributed by atoms with Gasteiger partial charge in [-0.3, -0.25) is 0 Å². The summed E-state index contributed by atoms with van der Waals surface area (Å²) >= 11 is 0. The third-order valence-corrected chi connectivity index (χ3v) is 5.07. The Morgan fingerprint density at radius 2 is 1.00 bits per heavy atom. The van der Waals surface area contributed by atoms with E-state index in [0.717, 1.165) is 31.6 Å². The van der Waals surface area contributed by atoms with Gasteiger partial charge in [0.25, 0.3) is 0 Å². The van der Waals surface area contributed by atoms with Crippen LogP contribution in [0.25, 0.3) is 0 Å². The topological polar surface area (TPSA) is 90.9 Å². The molecule has 1 rings (SSSR count). The summed E-state index contributed by atoms with van der Waals surface area (Å²) in [5.74, 6) is 0.963. The molecule has 0 radical (unpaired) electrons. The summed E-state index contributed by atoms with van der Waals surface area (Å²) in [7, 11) is -4.99. The number of unbranched alkanes of at least 4 members (excludes halogenated alkanes) is 13. The Balaban J connectivity index is 0. The Hall–Kier alpha value is 1.09. The Morgan fingerprint density at radius 3 is 1.42 bits per heavy atom. The van der Waals surface area contributed by atoms with Gasteiger partial charge in [0.15, 0.2) is 0 Å². The summed E-state index contributed by atoms with van der Waals surface area (Å²) in [6.45, 7) is 0.960. The van der Waals surface area contributed by atoms with Crippen LogP contribution in [0.4, 0.5) is 0 Å². The molecule has 0 atom stereocenters. The van der Waals surface area contributed by atoms with Crippen LogP contribution in [0.15, 0.2) is 30.3 Å². The second-order valence-corrected chi connectivity index (χ2v) is 8.50. The molecule has 9 heteroatoms. The van der Waals surface area contributed by atoms with E-state index in [1.807, 2.05) is 30.3 Å². The SMILES string of the molecule is O=P([O-])([O-])OOCCCCCCCCCCCCCCCCOc1ccccc1.[Na+].[Na+]. The number of phosphoric acid groups is 1. The number of rotatable bonds is 20. The Kier molecular flexibility index (Phi) is 26.8. The van der Waals surface area contributed by atoms with Gasteiger partial charge >= 0.3 is 59.1 Å². The molecule has 31 heavy (non-hydrogen) atoms. The van der Waals surface area contributed by atoms with Crippen molar-refractivity contribution in [2.45, 2.75) is 89.9 Å². The Bertz CT molecular complexity index is 530. The van der Waals surface area contributed by atoms with Crippen LogP contribution >= 0.6 is 7.82 Å². The molecule has 0 N–H and O–H groups in total. The zero-order chi connectivity index (χ0) is 21.0. The summed E-state index contributed by atoms with van der Waals surface area (Å²) in [6.07, 6.45) is 16.8. The molecular formula is C22H37Na2O6P. The summed E-state index contributed by atoms with van der Waals surface area (Å²) in [4.78, 5) is 24.7. The molecule has 1 aromatic rings. The monoisotopic (exact) mass is 474 g/mol. The number of para-hydroxylation sites is 1. The minimum atomic E-state index is -4.99. The maximum atomic E-state index is 10.2. The van der Waals surface area contributed by atoms with E-state index in [1.54, 1.807) is 0 Å². The first-order valence-corrected chi connectivity index (χ1v) is 12.5. The van der Waals surface area contributed by atoms with Gasteiger partial charge in [0.2, 0.25) is 0 Å². The second kappa shape index (κ2) is 24.2. The molecule has 168 valence electrons. The average Bonchev–Trinajstić information content (AvgIpc) is 2.69. The van der Waals surface area contributed by atoms with Gasteiger partial charge in [0, 0.05) is 0 Å². The molecule has 0 amide bonds. The first-order chi connectivity index (χ1) is 14.1. The van der Waals surface area contributed by atoms with E-state index >= 15 is 0 Å². The molecule has 0 spiro atoms. The largest absolute Gasteiger partial charge is 1.00 e. The molecule has 0 bridgehead atoms. The zero-order valence-electron chi connectivity index (χ0n) is 19.6. The van der Waals surface area contributed by atoms with Gasteiger partial charge in [0.1, 0.15) is 13.6 Å². The summed E-state index contributed by atoms with van der Waals surface area (Å²) in [5.41, 5.74) is 0. The molecule has 0 aliphatic rings. The van der Waals surface area contributed by atoms with E-state index in [9.17, 15) is 14.4 Å². The van der Waals surface area contributed by atoms with Crippen molar-refractivity contribution in [3.05, 3.63) is 30.3 Å². The first-order valence-electron chi connectivity index (χ1n) is 11.1. The van der Waals surface area contributed by atoms with Crippen LogP contribution in [0.2, 0.25) is 0 Å². The van der Waals surface area contributed by atoms with E-state index in [1.165, 1.54) is 64.2 Å². The van der Waals surface area contributed by atoms with Crippen molar-refractivity contribution in [3.8, 4) is 5.75 Å². The molecule has 0 saturated carbocycles. The predicted molar refractivity (Wildman–Crippen MR) is 111 cm³/mol. The van der Waals surface area contributed by atoms with Crippen LogP contribution in [0.3, 0.4) is 0 Å². The summed E-state index contributed by atoms with van der Waals surface area (Å²) in [5, 5.41) is 0. The van der Waals surface area contributed by atoms with E-state index in [4.69, 9.17) is 4.74 Å². The smallest absolute Gasteiger partial charge is 0.788 e. The van der Waals surface area contributed by atoms with Crippen LogP contribution in [0, 0.1) is 0 Å². The van der Waals surface area contributed by atoms with Crippen LogP contribution in [0.5, 0.6) is 5.75 Å². The van der Waals surface area contributed by atoms with Crippen molar-refractivity contribution in [2.24, 2.45) is 0 Å². The molecule has 0 fully saturated rings. The van der Waals surface area contributed by atoms with Crippen molar-refractivity contribution < 1.29 is 87.8 Å². The second-order valence-electron chi connectivity index (χ2n) is 7.45. The van der Waals surface area contributed by atoms with Crippen molar-refractivity contribution in [1.29, 1.82) is 0 Å². The minimum Gasteiger partial charge on any atom is -0.788 e. The molecule has 0 aliphatic carbocycles. The fraction of sp³-hybridized carbons (Fsp3) is 0.727. The molecule has 0 saturated heterocycles. The third kappa shape index (κ3) is 25.5. The molecule has 0 unspecified atom stereocenters. The van der Waals surface area contributed by atoms with Gasteiger partial charge < -0.3 is 19.1 Å². The molecule has 1 aromatic carbocycles. The van der Waals surface area contributed by atoms with Gasteiger partial charge in [-0.2, -0.15) is 0 Å². The van der Waals surface area contributed by atoms with Gasteiger partial charge in [-0.1, -0.05) is 95.2 Å². The van der Waals surface area contributed by atoms with E-state index < -0.39 is 7.82 Å². The molecule has 0 aliphatic heterocycles. The number of hydrogen-bond donors (Lipinski definition) is 0. The standard InChI is InChI=1S/C22H39O6P.2Na/c23-29(24,25)28-27-21-17-12-10-8-6-4-2-1-3-5-7-9-11-16-20-26-22-18-14-13-15-19-22;;/h13-15,18-19H,1-12,16-17,20-21H2,(H2,23,24,25);;/q;2*+1/p-2. The Labute approximate surface area is 233 Å². The first kappa shape index (κ1) is 34.3. The fourth-order valence-corrected chi connectivity index (χ4v) is 3.40. The molecule has 6 nitrogen and oxygen atoms in total. The minimum absolute atomic E-state index is 0. The summed E-state index contributed by atoms with van der Waals surface area (Å²) < 4.78 is 19.6. The molecule has 0 heterocycles. The number of benzene rings is 1. The predicted octanol–water partition coefficient (Wildman–Crippen LogP) is -0.688. The van der Waals surface area contributed by atoms with Crippen molar-refractivity contribution in [1.82, 2.24) is 0 Å². The van der Waals surface area contributed by atoms with Crippen LogP contribution in [-0.4, -0.2) is 13.2 Å². The third-order valence-electron chi connectivity index (χ3n) is 4.78. The van der Waals surface area contributed by atoms with Crippen LogP contribution in [-0.2, 0) is 14.1 Å². The number of hydrogen-bond acceptors (Lipinski definition) is 6. The van der Waals surface area contributed by atoms with Gasteiger partial charge in [0.05, 0.1) is 13.2 Å². The van der Waals surface area contributed by atoms with E-state index in [-0.39, 0.29) is 65.7 Å². The summed E-state index contributed by atoms with van der Waals surface area (Å²) in [6, 6.07) is 10.00.